The van der Waals surface area contributed by atoms with Crippen molar-refractivity contribution in [1.82, 2.24) is 9.97 Å². The lowest BCUT2D eigenvalue weighted by atomic mass is 10.0. The number of carboxylic acid groups (broad SMARTS) is 1. The predicted molar refractivity (Wildman–Crippen MR) is 103 cm³/mol. The Balaban J connectivity index is 2.07. The van der Waals surface area contributed by atoms with E-state index in [2.05, 4.69) is 9.97 Å². The maximum absolute atomic E-state index is 11.8. The second-order valence-electron chi connectivity index (χ2n) is 5.74. The van der Waals surface area contributed by atoms with Crippen molar-refractivity contribution in [2.45, 2.75) is 6.92 Å². The van der Waals surface area contributed by atoms with Crippen LogP contribution in [0.25, 0.3) is 22.5 Å². The van der Waals surface area contributed by atoms with Crippen LogP contribution in [0.3, 0.4) is 0 Å². The molecule has 0 aliphatic carbocycles. The summed E-state index contributed by atoms with van der Waals surface area (Å²) in [5.74, 6) is -0.186. The number of hydrogen-bond donors (Lipinski definition) is 4. The van der Waals surface area contributed by atoms with Crippen molar-refractivity contribution in [3.8, 4) is 28.3 Å². The van der Waals surface area contributed by atoms with E-state index in [1.54, 1.807) is 24.3 Å². The zero-order chi connectivity index (χ0) is 19.6. The first-order valence-electron chi connectivity index (χ1n) is 8.17. The van der Waals surface area contributed by atoms with Crippen molar-refractivity contribution in [2.75, 3.05) is 18.1 Å². The third-order valence-corrected chi connectivity index (χ3v) is 3.98. The molecule has 6 N–H and O–H groups in total. The molecule has 0 aliphatic rings. The van der Waals surface area contributed by atoms with Crippen molar-refractivity contribution in [3.05, 3.63) is 58.4 Å². The molecule has 0 atom stereocenters. The SMILES string of the molecule is CCOc1cc(-c2nc(N)c(N)c(=O)[nH]2)ccc1-c1ccc(C(=O)O)cc1. The number of anilines is 2. The second kappa shape index (κ2) is 7.20. The molecule has 0 bridgehead atoms. The van der Waals surface area contributed by atoms with Gasteiger partial charge in [0.1, 0.15) is 17.3 Å². The molecule has 2 aromatic carbocycles. The van der Waals surface area contributed by atoms with Crippen LogP contribution in [0.5, 0.6) is 5.75 Å². The van der Waals surface area contributed by atoms with Gasteiger partial charge in [0.25, 0.3) is 5.56 Å². The zero-order valence-electron chi connectivity index (χ0n) is 14.5. The van der Waals surface area contributed by atoms with Crippen LogP contribution in [0.4, 0.5) is 11.5 Å². The Bertz CT molecular complexity index is 1060. The van der Waals surface area contributed by atoms with Crippen LogP contribution in [0.15, 0.2) is 47.3 Å². The van der Waals surface area contributed by atoms with Gasteiger partial charge in [0, 0.05) is 11.1 Å². The van der Waals surface area contributed by atoms with Gasteiger partial charge in [0.05, 0.1) is 12.2 Å². The number of carboxylic acids is 1. The van der Waals surface area contributed by atoms with Gasteiger partial charge in [-0.3, -0.25) is 4.79 Å². The molecule has 3 aromatic rings. The van der Waals surface area contributed by atoms with Crippen molar-refractivity contribution in [3.63, 3.8) is 0 Å². The first-order chi connectivity index (χ1) is 12.9. The van der Waals surface area contributed by atoms with Gasteiger partial charge in [-0.2, -0.15) is 0 Å². The summed E-state index contributed by atoms with van der Waals surface area (Å²) in [6.45, 7) is 2.28. The lowest BCUT2D eigenvalue weighted by molar-refractivity contribution is 0.0697. The summed E-state index contributed by atoms with van der Waals surface area (Å²) >= 11 is 0. The number of nitrogens with zero attached hydrogens (tertiary/aromatic N) is 1. The van der Waals surface area contributed by atoms with E-state index in [4.69, 9.17) is 21.3 Å². The van der Waals surface area contributed by atoms with Gasteiger partial charge in [-0.1, -0.05) is 18.2 Å². The highest BCUT2D eigenvalue weighted by Crippen LogP contribution is 2.34. The Kier molecular flexibility index (Phi) is 4.80. The number of ether oxygens (including phenoxy) is 1. The van der Waals surface area contributed by atoms with Crippen molar-refractivity contribution < 1.29 is 14.6 Å². The normalized spacial score (nSPS) is 10.6. The first kappa shape index (κ1) is 18.0. The summed E-state index contributed by atoms with van der Waals surface area (Å²) in [6.07, 6.45) is 0. The molecule has 138 valence electrons. The number of aromatic carboxylic acids is 1. The van der Waals surface area contributed by atoms with E-state index in [1.807, 2.05) is 13.0 Å². The topological polar surface area (TPSA) is 144 Å². The van der Waals surface area contributed by atoms with Crippen LogP contribution in [0, 0.1) is 0 Å². The van der Waals surface area contributed by atoms with Crippen molar-refractivity contribution in [1.29, 1.82) is 0 Å². The summed E-state index contributed by atoms with van der Waals surface area (Å²) in [5, 5.41) is 9.03. The average Bonchev–Trinajstić information content (AvgIpc) is 2.66. The summed E-state index contributed by atoms with van der Waals surface area (Å²) in [5.41, 5.74) is 13.0. The van der Waals surface area contributed by atoms with Crippen LogP contribution in [0.1, 0.15) is 17.3 Å². The Hall–Kier alpha value is -3.81. The summed E-state index contributed by atoms with van der Waals surface area (Å²) in [6, 6.07) is 11.8. The van der Waals surface area contributed by atoms with Crippen LogP contribution in [0.2, 0.25) is 0 Å². The molecular formula is C19H18N4O4. The molecule has 0 saturated heterocycles. The maximum Gasteiger partial charge on any atom is 0.335 e. The fourth-order valence-electron chi connectivity index (χ4n) is 2.61. The lowest BCUT2D eigenvalue weighted by Gasteiger charge is -2.13. The Morgan fingerprint density at radius 1 is 1.15 bits per heavy atom. The number of benzene rings is 2. The minimum atomic E-state index is -0.988. The summed E-state index contributed by atoms with van der Waals surface area (Å²) in [7, 11) is 0. The van der Waals surface area contributed by atoms with Crippen LogP contribution < -0.4 is 21.8 Å². The minimum Gasteiger partial charge on any atom is -0.493 e. The minimum absolute atomic E-state index is 0.0416. The number of nitrogens with one attached hydrogen (secondary N) is 1. The molecular weight excluding hydrogens is 348 g/mol. The number of carbonyl (C=O) groups is 1. The zero-order valence-corrected chi connectivity index (χ0v) is 14.5. The molecule has 0 unspecified atom stereocenters. The maximum atomic E-state index is 11.8. The van der Waals surface area contributed by atoms with Gasteiger partial charge in [-0.25, -0.2) is 9.78 Å². The molecule has 8 nitrogen and oxygen atoms in total. The van der Waals surface area contributed by atoms with Gasteiger partial charge in [0.2, 0.25) is 0 Å². The largest absolute Gasteiger partial charge is 0.493 e. The highest BCUT2D eigenvalue weighted by atomic mass is 16.5. The fourth-order valence-corrected chi connectivity index (χ4v) is 2.61. The number of aromatic amines is 1. The predicted octanol–water partition coefficient (Wildman–Crippen LogP) is 2.37. The molecule has 0 amide bonds. The molecule has 0 saturated carbocycles. The molecule has 1 heterocycles. The number of H-pyrrole nitrogens is 1. The van der Waals surface area contributed by atoms with Crippen molar-refractivity contribution in [2.24, 2.45) is 0 Å². The van der Waals surface area contributed by atoms with Gasteiger partial charge < -0.3 is 26.3 Å². The number of aromatic nitrogens is 2. The quantitative estimate of drug-likeness (QED) is 0.542. The third kappa shape index (κ3) is 3.59. The molecule has 8 heteroatoms. The monoisotopic (exact) mass is 366 g/mol. The lowest BCUT2D eigenvalue weighted by Crippen LogP contribution is -2.17. The smallest absolute Gasteiger partial charge is 0.335 e. The molecule has 0 aliphatic heterocycles. The molecule has 3 rings (SSSR count). The summed E-state index contributed by atoms with van der Waals surface area (Å²) in [4.78, 5) is 29.6. The van der Waals surface area contributed by atoms with Gasteiger partial charge >= 0.3 is 5.97 Å². The van der Waals surface area contributed by atoms with E-state index in [9.17, 15) is 9.59 Å². The van der Waals surface area contributed by atoms with Gasteiger partial charge in [-0.15, -0.1) is 0 Å². The van der Waals surface area contributed by atoms with E-state index in [0.717, 1.165) is 11.1 Å². The van der Waals surface area contributed by atoms with Crippen molar-refractivity contribution >= 4 is 17.5 Å². The Morgan fingerprint density at radius 3 is 2.41 bits per heavy atom. The molecule has 0 fully saturated rings. The first-order valence-corrected chi connectivity index (χ1v) is 8.17. The average molecular weight is 366 g/mol. The van der Waals surface area contributed by atoms with E-state index in [1.165, 1.54) is 12.1 Å². The van der Waals surface area contributed by atoms with Crippen LogP contribution in [-0.2, 0) is 0 Å². The Labute approximate surface area is 154 Å². The van der Waals surface area contributed by atoms with Crippen LogP contribution >= 0.6 is 0 Å². The highest BCUT2D eigenvalue weighted by molar-refractivity contribution is 5.88. The number of rotatable bonds is 5. The Morgan fingerprint density at radius 2 is 1.81 bits per heavy atom. The third-order valence-electron chi connectivity index (χ3n) is 3.98. The second-order valence-corrected chi connectivity index (χ2v) is 5.74. The summed E-state index contributed by atoms with van der Waals surface area (Å²) < 4.78 is 5.72. The molecule has 1 aromatic heterocycles. The van der Waals surface area contributed by atoms with E-state index in [-0.39, 0.29) is 22.9 Å². The standard InChI is InChI=1S/C19H18N4O4/c1-2-27-14-9-12(17-22-16(21)15(20)18(24)23-17)7-8-13(14)10-3-5-11(6-4-10)19(25)26/h3-9H,2,20H2,1H3,(H,25,26)(H3,21,22,23,24). The number of nitrogen functional groups attached to an aromatic ring is 2. The van der Waals surface area contributed by atoms with Gasteiger partial charge in [0.15, 0.2) is 5.82 Å². The van der Waals surface area contributed by atoms with Gasteiger partial charge in [-0.05, 0) is 36.8 Å². The van der Waals surface area contributed by atoms with E-state index < -0.39 is 11.5 Å². The molecule has 0 spiro atoms. The van der Waals surface area contributed by atoms with E-state index in [0.29, 0.717) is 17.9 Å². The number of hydrogen-bond acceptors (Lipinski definition) is 6. The molecule has 0 radical (unpaired) electrons. The van der Waals surface area contributed by atoms with E-state index >= 15 is 0 Å². The van der Waals surface area contributed by atoms with Crippen LogP contribution in [-0.4, -0.2) is 27.7 Å². The highest BCUT2D eigenvalue weighted by Gasteiger charge is 2.13. The molecule has 27 heavy (non-hydrogen) atoms. The fraction of sp³-hybridized carbons (Fsp3) is 0.105. The number of nitrogens with two attached hydrogens (primary N) is 2.